The molecule has 3 aromatic rings. The van der Waals surface area contributed by atoms with Crippen LogP contribution in [0.15, 0.2) is 104 Å². The van der Waals surface area contributed by atoms with Gasteiger partial charge in [0.1, 0.15) is 24.4 Å². The molecule has 2 fully saturated rings. The van der Waals surface area contributed by atoms with Gasteiger partial charge in [0, 0.05) is 5.56 Å². The SMILES string of the molecule is C=CCO[C@@H]1O[C@@H]2COC(c3ccccc3)O[C@H]2[C@H](OCc2ccccc2)[C@H]1OCc1ccccc1. The van der Waals surface area contributed by atoms with E-state index in [1.54, 1.807) is 6.08 Å². The van der Waals surface area contributed by atoms with Gasteiger partial charge in [0.25, 0.3) is 0 Å². The lowest BCUT2D eigenvalue weighted by Gasteiger charge is -2.48. The Balaban J connectivity index is 1.40. The molecule has 188 valence electrons. The van der Waals surface area contributed by atoms with Crippen LogP contribution in [-0.2, 0) is 41.6 Å². The molecule has 1 unspecified atom stereocenters. The zero-order valence-electron chi connectivity index (χ0n) is 20.2. The van der Waals surface area contributed by atoms with Gasteiger partial charge in [-0.1, -0.05) is 97.1 Å². The molecule has 2 saturated heterocycles. The summed E-state index contributed by atoms with van der Waals surface area (Å²) in [6.45, 7) is 5.27. The maximum absolute atomic E-state index is 6.54. The van der Waals surface area contributed by atoms with Crippen molar-refractivity contribution in [3.63, 3.8) is 0 Å². The van der Waals surface area contributed by atoms with E-state index < -0.39 is 30.9 Å². The van der Waals surface area contributed by atoms with Crippen LogP contribution in [0, 0.1) is 0 Å². The first-order valence-corrected chi connectivity index (χ1v) is 12.3. The van der Waals surface area contributed by atoms with Gasteiger partial charge in [-0.3, -0.25) is 0 Å². The van der Waals surface area contributed by atoms with Gasteiger partial charge in [-0.15, -0.1) is 6.58 Å². The molecular formula is C30H32O6. The second-order valence-electron chi connectivity index (χ2n) is 8.86. The molecule has 0 bridgehead atoms. The van der Waals surface area contributed by atoms with Crippen LogP contribution >= 0.6 is 0 Å². The fourth-order valence-corrected chi connectivity index (χ4v) is 4.52. The number of rotatable bonds is 10. The van der Waals surface area contributed by atoms with Gasteiger partial charge >= 0.3 is 0 Å². The quantitative estimate of drug-likeness (QED) is 0.366. The van der Waals surface area contributed by atoms with Crippen molar-refractivity contribution in [2.75, 3.05) is 13.2 Å². The average molecular weight is 489 g/mol. The van der Waals surface area contributed by atoms with Crippen molar-refractivity contribution >= 4 is 0 Å². The van der Waals surface area contributed by atoms with Crippen LogP contribution in [-0.4, -0.2) is 43.9 Å². The summed E-state index contributed by atoms with van der Waals surface area (Å²) in [7, 11) is 0. The van der Waals surface area contributed by atoms with Gasteiger partial charge in [0.05, 0.1) is 26.4 Å². The molecule has 0 amide bonds. The van der Waals surface area contributed by atoms with Crippen LogP contribution in [0.4, 0.5) is 0 Å². The maximum Gasteiger partial charge on any atom is 0.187 e. The Hall–Kier alpha value is -2.84. The van der Waals surface area contributed by atoms with E-state index in [1.165, 1.54) is 0 Å². The van der Waals surface area contributed by atoms with Gasteiger partial charge in [-0.05, 0) is 11.1 Å². The number of hydrogen-bond donors (Lipinski definition) is 0. The third-order valence-electron chi connectivity index (χ3n) is 6.30. The molecule has 0 aromatic heterocycles. The Morgan fingerprint density at radius 3 is 1.92 bits per heavy atom. The third kappa shape index (κ3) is 6.10. The topological polar surface area (TPSA) is 55.4 Å². The van der Waals surface area contributed by atoms with Crippen LogP contribution in [0.3, 0.4) is 0 Å². The van der Waals surface area contributed by atoms with Gasteiger partial charge in [0.15, 0.2) is 12.6 Å². The summed E-state index contributed by atoms with van der Waals surface area (Å²) in [5, 5.41) is 0. The third-order valence-corrected chi connectivity index (χ3v) is 6.30. The molecule has 0 aliphatic carbocycles. The van der Waals surface area contributed by atoms with E-state index in [0.717, 1.165) is 16.7 Å². The highest BCUT2D eigenvalue weighted by atomic mass is 16.8. The highest BCUT2D eigenvalue weighted by Gasteiger charge is 2.51. The zero-order valence-corrected chi connectivity index (χ0v) is 20.2. The summed E-state index contributed by atoms with van der Waals surface area (Å²) in [5.41, 5.74) is 3.07. The minimum absolute atomic E-state index is 0.326. The molecule has 2 aliphatic rings. The molecular weight excluding hydrogens is 456 g/mol. The molecule has 3 aromatic carbocycles. The van der Waals surface area contributed by atoms with Crippen molar-refractivity contribution in [1.82, 2.24) is 0 Å². The second kappa shape index (κ2) is 12.4. The van der Waals surface area contributed by atoms with Gasteiger partial charge in [-0.25, -0.2) is 0 Å². The number of benzene rings is 3. The normalized spacial score (nSPS) is 27.8. The van der Waals surface area contributed by atoms with Crippen molar-refractivity contribution < 1.29 is 28.4 Å². The first-order valence-electron chi connectivity index (χ1n) is 12.3. The van der Waals surface area contributed by atoms with Gasteiger partial charge in [-0.2, -0.15) is 0 Å². The number of ether oxygens (including phenoxy) is 6. The largest absolute Gasteiger partial charge is 0.368 e. The van der Waals surface area contributed by atoms with Crippen LogP contribution in [0.5, 0.6) is 0 Å². The Morgan fingerprint density at radius 1 is 0.722 bits per heavy atom. The van der Waals surface area contributed by atoms with Crippen molar-refractivity contribution in [2.45, 2.75) is 50.2 Å². The molecule has 0 radical (unpaired) electrons. The summed E-state index contributed by atoms with van der Waals surface area (Å²) >= 11 is 0. The number of hydrogen-bond acceptors (Lipinski definition) is 6. The van der Waals surface area contributed by atoms with E-state index in [2.05, 4.69) is 6.58 Å². The first kappa shape index (κ1) is 24.8. The Morgan fingerprint density at radius 2 is 1.31 bits per heavy atom. The Bertz CT molecular complexity index is 1060. The monoisotopic (exact) mass is 488 g/mol. The van der Waals surface area contributed by atoms with Crippen molar-refractivity contribution in [3.8, 4) is 0 Å². The molecule has 6 heteroatoms. The highest BCUT2D eigenvalue weighted by Crippen LogP contribution is 2.37. The summed E-state index contributed by atoms with van der Waals surface area (Å²) < 4.78 is 37.9. The van der Waals surface area contributed by atoms with Gasteiger partial charge < -0.3 is 28.4 Å². The Labute approximate surface area is 212 Å². The highest BCUT2D eigenvalue weighted by molar-refractivity contribution is 5.17. The fraction of sp³-hybridized carbons (Fsp3) is 0.333. The molecule has 2 aliphatic heterocycles. The maximum atomic E-state index is 6.54. The van der Waals surface area contributed by atoms with E-state index in [4.69, 9.17) is 28.4 Å². The van der Waals surface area contributed by atoms with Crippen LogP contribution in [0.25, 0.3) is 0 Å². The van der Waals surface area contributed by atoms with E-state index >= 15 is 0 Å². The molecule has 6 atom stereocenters. The lowest BCUT2D eigenvalue weighted by molar-refractivity contribution is -0.371. The molecule has 0 spiro atoms. The predicted octanol–water partition coefficient (Wildman–Crippen LogP) is 5.20. The lowest BCUT2D eigenvalue weighted by Crippen LogP contribution is -2.63. The van der Waals surface area contributed by atoms with Crippen LogP contribution < -0.4 is 0 Å². The van der Waals surface area contributed by atoms with E-state index in [-0.39, 0.29) is 6.10 Å². The molecule has 0 N–H and O–H groups in total. The van der Waals surface area contributed by atoms with Crippen LogP contribution in [0.1, 0.15) is 23.0 Å². The van der Waals surface area contributed by atoms with Gasteiger partial charge in [0.2, 0.25) is 0 Å². The summed E-state index contributed by atoms with van der Waals surface area (Å²) in [6, 6.07) is 30.0. The summed E-state index contributed by atoms with van der Waals surface area (Å²) in [5.74, 6) is 0. The van der Waals surface area contributed by atoms with Crippen molar-refractivity contribution in [3.05, 3.63) is 120 Å². The standard InChI is InChI=1S/C30H32O6/c1-2-18-31-30-28(33-20-23-14-8-4-9-15-23)27(32-19-22-12-6-3-7-13-22)26-25(35-30)21-34-29(36-26)24-16-10-5-11-17-24/h2-17,25-30H,1,18-21H2/t25-,26-,27+,28-,29?,30-/m1/s1. The zero-order chi connectivity index (χ0) is 24.6. The lowest BCUT2D eigenvalue weighted by atomic mass is 9.97. The summed E-state index contributed by atoms with van der Waals surface area (Å²) in [6.07, 6.45) is -1.21. The van der Waals surface area contributed by atoms with Crippen molar-refractivity contribution in [2.24, 2.45) is 0 Å². The fourth-order valence-electron chi connectivity index (χ4n) is 4.52. The second-order valence-corrected chi connectivity index (χ2v) is 8.86. The minimum Gasteiger partial charge on any atom is -0.368 e. The molecule has 6 nitrogen and oxygen atoms in total. The predicted molar refractivity (Wildman–Crippen MR) is 135 cm³/mol. The smallest absolute Gasteiger partial charge is 0.187 e. The van der Waals surface area contributed by atoms with Crippen molar-refractivity contribution in [1.29, 1.82) is 0 Å². The Kier molecular flexibility index (Phi) is 8.56. The first-order chi connectivity index (χ1) is 17.8. The van der Waals surface area contributed by atoms with E-state index in [0.29, 0.717) is 26.4 Å². The minimum atomic E-state index is -0.658. The molecule has 5 rings (SSSR count). The van der Waals surface area contributed by atoms with E-state index in [9.17, 15) is 0 Å². The summed E-state index contributed by atoms with van der Waals surface area (Å²) in [4.78, 5) is 0. The van der Waals surface area contributed by atoms with Crippen LogP contribution in [0.2, 0.25) is 0 Å². The molecule has 36 heavy (non-hydrogen) atoms. The molecule has 0 saturated carbocycles. The average Bonchev–Trinajstić information content (AvgIpc) is 2.95. The molecule has 2 heterocycles. The van der Waals surface area contributed by atoms with E-state index in [1.807, 2.05) is 91.0 Å². The number of fused-ring (bicyclic) bond motifs is 1.